The van der Waals surface area contributed by atoms with Crippen LogP contribution in [0, 0.1) is 0 Å². The zero-order chi connectivity index (χ0) is 17.2. The van der Waals surface area contributed by atoms with Gasteiger partial charge in [-0.1, -0.05) is 35.5 Å². The molecule has 0 unspecified atom stereocenters. The molecule has 4 aromatic rings. The van der Waals surface area contributed by atoms with Gasteiger partial charge in [-0.3, -0.25) is 4.79 Å². The summed E-state index contributed by atoms with van der Waals surface area (Å²) in [6.07, 6.45) is 1.73. The van der Waals surface area contributed by atoms with E-state index in [0.29, 0.717) is 22.9 Å². The van der Waals surface area contributed by atoms with Crippen molar-refractivity contribution in [3.05, 3.63) is 77.0 Å². The van der Waals surface area contributed by atoms with E-state index in [-0.39, 0.29) is 12.1 Å². The molecule has 2 aromatic heterocycles. The van der Waals surface area contributed by atoms with E-state index in [9.17, 15) is 4.79 Å². The van der Waals surface area contributed by atoms with Crippen molar-refractivity contribution in [3.63, 3.8) is 0 Å². The van der Waals surface area contributed by atoms with Crippen molar-refractivity contribution in [2.45, 2.75) is 6.54 Å². The molecule has 0 aliphatic rings. The first kappa shape index (κ1) is 15.1. The molecule has 0 bridgehead atoms. The number of fused-ring (bicyclic) bond motifs is 1. The third kappa shape index (κ3) is 2.78. The van der Waals surface area contributed by atoms with E-state index in [4.69, 9.17) is 9.26 Å². The van der Waals surface area contributed by atoms with Crippen LogP contribution in [-0.4, -0.2) is 21.8 Å². The highest BCUT2D eigenvalue weighted by Gasteiger charge is 2.13. The fraction of sp³-hybridized carbons (Fsp3) is 0.105. The number of ether oxygens (including phenoxy) is 1. The summed E-state index contributed by atoms with van der Waals surface area (Å²) in [6.45, 7) is 0.214. The maximum absolute atomic E-state index is 12.6. The Bertz CT molecular complexity index is 1100. The van der Waals surface area contributed by atoms with Crippen LogP contribution in [0.3, 0.4) is 0 Å². The molecule has 0 N–H and O–H groups in total. The van der Waals surface area contributed by atoms with E-state index in [2.05, 4.69) is 10.1 Å². The Labute approximate surface area is 143 Å². The van der Waals surface area contributed by atoms with Crippen molar-refractivity contribution in [2.24, 2.45) is 0 Å². The van der Waals surface area contributed by atoms with Gasteiger partial charge in [0.15, 0.2) is 0 Å². The van der Waals surface area contributed by atoms with Crippen molar-refractivity contribution in [3.8, 4) is 17.1 Å². The second-order valence-electron chi connectivity index (χ2n) is 5.55. The minimum atomic E-state index is -0.0878. The van der Waals surface area contributed by atoms with E-state index in [1.165, 1.54) is 0 Å². The number of nitrogens with zero attached hydrogens (tertiary/aromatic N) is 3. The maximum Gasteiger partial charge on any atom is 0.258 e. The SMILES string of the molecule is COc1ccccc1-c1noc(Cn2ccc3ccccc3c2=O)n1. The number of hydrogen-bond acceptors (Lipinski definition) is 5. The summed E-state index contributed by atoms with van der Waals surface area (Å²) >= 11 is 0. The molecule has 25 heavy (non-hydrogen) atoms. The van der Waals surface area contributed by atoms with Crippen molar-refractivity contribution in [1.82, 2.24) is 14.7 Å². The Balaban J connectivity index is 1.68. The summed E-state index contributed by atoms with van der Waals surface area (Å²) in [5.41, 5.74) is 0.654. The fourth-order valence-electron chi connectivity index (χ4n) is 2.76. The first-order chi connectivity index (χ1) is 12.3. The van der Waals surface area contributed by atoms with Crippen molar-refractivity contribution in [2.75, 3.05) is 7.11 Å². The molecule has 124 valence electrons. The van der Waals surface area contributed by atoms with Crippen LogP contribution in [0.25, 0.3) is 22.2 Å². The van der Waals surface area contributed by atoms with Gasteiger partial charge in [0.2, 0.25) is 11.7 Å². The van der Waals surface area contributed by atoms with Gasteiger partial charge in [-0.15, -0.1) is 0 Å². The molecule has 0 saturated heterocycles. The lowest BCUT2D eigenvalue weighted by atomic mass is 10.2. The zero-order valence-corrected chi connectivity index (χ0v) is 13.5. The third-order valence-electron chi connectivity index (χ3n) is 4.01. The molecule has 6 nitrogen and oxygen atoms in total. The van der Waals surface area contributed by atoms with Gasteiger partial charge in [-0.25, -0.2) is 0 Å². The standard InChI is InChI=1S/C19H15N3O3/c1-24-16-9-5-4-8-15(16)18-20-17(25-21-18)12-22-11-10-13-6-2-3-7-14(13)19(22)23/h2-11H,12H2,1H3. The topological polar surface area (TPSA) is 70.2 Å². The van der Waals surface area contributed by atoms with Crippen molar-refractivity contribution < 1.29 is 9.26 Å². The van der Waals surface area contributed by atoms with Gasteiger partial charge in [0, 0.05) is 11.6 Å². The Hall–Kier alpha value is -3.41. The lowest BCUT2D eigenvalue weighted by Gasteiger charge is -2.04. The number of methoxy groups -OCH3 is 1. The zero-order valence-electron chi connectivity index (χ0n) is 13.5. The maximum atomic E-state index is 12.6. The minimum absolute atomic E-state index is 0.0878. The Kier molecular flexibility index (Phi) is 3.78. The van der Waals surface area contributed by atoms with E-state index < -0.39 is 0 Å². The molecule has 0 amide bonds. The van der Waals surface area contributed by atoms with Crippen LogP contribution in [0.15, 0.2) is 70.1 Å². The van der Waals surface area contributed by atoms with Gasteiger partial charge in [0.1, 0.15) is 12.3 Å². The molecule has 4 rings (SSSR count). The summed E-state index contributed by atoms with van der Waals surface area (Å²) < 4.78 is 12.2. The molecular weight excluding hydrogens is 318 g/mol. The van der Waals surface area contributed by atoms with Gasteiger partial charge in [0.25, 0.3) is 5.56 Å². The number of rotatable bonds is 4. The van der Waals surface area contributed by atoms with Crippen LogP contribution in [0.4, 0.5) is 0 Å². The van der Waals surface area contributed by atoms with Gasteiger partial charge >= 0.3 is 0 Å². The second kappa shape index (κ2) is 6.24. The molecule has 0 aliphatic heterocycles. The Morgan fingerprint density at radius 3 is 2.76 bits per heavy atom. The van der Waals surface area contributed by atoms with Crippen LogP contribution >= 0.6 is 0 Å². The predicted molar refractivity (Wildman–Crippen MR) is 93.6 cm³/mol. The first-order valence-corrected chi connectivity index (χ1v) is 7.80. The smallest absolute Gasteiger partial charge is 0.258 e. The van der Waals surface area contributed by atoms with Crippen LogP contribution < -0.4 is 10.3 Å². The number of aromatic nitrogens is 3. The summed E-state index contributed by atoms with van der Waals surface area (Å²) in [6, 6.07) is 16.8. The molecule has 0 aliphatic carbocycles. The molecule has 2 heterocycles. The normalized spacial score (nSPS) is 10.9. The molecule has 6 heteroatoms. The molecule has 0 radical (unpaired) electrons. The minimum Gasteiger partial charge on any atom is -0.496 e. The predicted octanol–water partition coefficient (Wildman–Crippen LogP) is 3.11. The largest absolute Gasteiger partial charge is 0.496 e. The summed E-state index contributed by atoms with van der Waals surface area (Å²) in [5.74, 6) is 1.46. The van der Waals surface area contributed by atoms with Gasteiger partial charge in [0.05, 0.1) is 12.7 Å². The molecule has 2 aromatic carbocycles. The van der Waals surface area contributed by atoms with Crippen LogP contribution in [0.2, 0.25) is 0 Å². The summed E-state index contributed by atoms with van der Waals surface area (Å²) in [5, 5.41) is 5.57. The van der Waals surface area contributed by atoms with Gasteiger partial charge < -0.3 is 13.8 Å². The third-order valence-corrected chi connectivity index (χ3v) is 4.01. The number of para-hydroxylation sites is 1. The molecule has 0 atom stereocenters. The molecular formula is C19H15N3O3. The van der Waals surface area contributed by atoms with Crippen molar-refractivity contribution >= 4 is 10.8 Å². The average Bonchev–Trinajstić information content (AvgIpc) is 3.12. The van der Waals surface area contributed by atoms with E-state index in [0.717, 1.165) is 10.9 Å². The lowest BCUT2D eigenvalue weighted by Crippen LogP contribution is -2.20. The quantitative estimate of drug-likeness (QED) is 0.574. The molecule has 0 fully saturated rings. The highest BCUT2D eigenvalue weighted by Crippen LogP contribution is 2.27. The number of pyridine rings is 1. The van der Waals surface area contributed by atoms with Gasteiger partial charge in [-0.05, 0) is 29.7 Å². The van der Waals surface area contributed by atoms with Crippen LogP contribution in [0.1, 0.15) is 5.89 Å². The summed E-state index contributed by atoms with van der Waals surface area (Å²) in [7, 11) is 1.59. The summed E-state index contributed by atoms with van der Waals surface area (Å²) in [4.78, 5) is 17.0. The molecule has 0 spiro atoms. The Morgan fingerprint density at radius 1 is 1.08 bits per heavy atom. The fourth-order valence-corrected chi connectivity index (χ4v) is 2.76. The monoisotopic (exact) mass is 333 g/mol. The van der Waals surface area contributed by atoms with Gasteiger partial charge in [-0.2, -0.15) is 4.98 Å². The Morgan fingerprint density at radius 2 is 1.88 bits per heavy atom. The van der Waals surface area contributed by atoms with Crippen LogP contribution in [0.5, 0.6) is 5.75 Å². The highest BCUT2D eigenvalue weighted by atomic mass is 16.5. The number of hydrogen-bond donors (Lipinski definition) is 0. The van der Waals surface area contributed by atoms with E-state index in [1.54, 1.807) is 17.9 Å². The average molecular weight is 333 g/mol. The molecule has 0 saturated carbocycles. The van der Waals surface area contributed by atoms with Crippen molar-refractivity contribution in [1.29, 1.82) is 0 Å². The lowest BCUT2D eigenvalue weighted by molar-refractivity contribution is 0.369. The first-order valence-electron chi connectivity index (χ1n) is 7.80. The van der Waals surface area contributed by atoms with E-state index >= 15 is 0 Å². The number of benzene rings is 2. The van der Waals surface area contributed by atoms with E-state index in [1.807, 2.05) is 54.6 Å². The second-order valence-corrected chi connectivity index (χ2v) is 5.55. The van der Waals surface area contributed by atoms with Crippen LogP contribution in [-0.2, 0) is 6.54 Å². The highest BCUT2D eigenvalue weighted by molar-refractivity contribution is 5.81.